The Morgan fingerprint density at radius 3 is 2.67 bits per heavy atom. The van der Waals surface area contributed by atoms with Crippen molar-refractivity contribution in [2.24, 2.45) is 5.73 Å². The van der Waals surface area contributed by atoms with Crippen LogP contribution >= 0.6 is 11.3 Å². The summed E-state index contributed by atoms with van der Waals surface area (Å²) < 4.78 is 10.4. The third-order valence-electron chi connectivity index (χ3n) is 3.05. The van der Waals surface area contributed by atoms with E-state index in [1.807, 2.05) is 29.6 Å². The highest BCUT2D eigenvalue weighted by molar-refractivity contribution is 7.10. The standard InChI is InChI=1S/C15H18N2O3S/c1-19-11-6-5-10(8-12(11)20-2)9-17-15(18)14(16)13-4-3-7-21-13/h3-8,14H,9,16H2,1-2H3,(H,17,18). The van der Waals surface area contributed by atoms with E-state index in [-0.39, 0.29) is 5.91 Å². The van der Waals surface area contributed by atoms with Crippen LogP contribution in [0.3, 0.4) is 0 Å². The highest BCUT2D eigenvalue weighted by Crippen LogP contribution is 2.27. The molecule has 1 atom stereocenters. The Labute approximate surface area is 127 Å². The molecule has 0 aliphatic carbocycles. The van der Waals surface area contributed by atoms with Crippen LogP contribution in [0.1, 0.15) is 16.5 Å². The second-order valence-corrected chi connectivity index (χ2v) is 5.38. The molecular formula is C15H18N2O3S. The van der Waals surface area contributed by atoms with Crippen LogP contribution in [0.25, 0.3) is 0 Å². The molecule has 2 aromatic rings. The minimum atomic E-state index is -0.634. The van der Waals surface area contributed by atoms with Crippen LogP contribution in [0.5, 0.6) is 11.5 Å². The summed E-state index contributed by atoms with van der Waals surface area (Å²) in [7, 11) is 3.16. The van der Waals surface area contributed by atoms with E-state index in [0.717, 1.165) is 10.4 Å². The van der Waals surface area contributed by atoms with Gasteiger partial charge in [-0.2, -0.15) is 0 Å². The van der Waals surface area contributed by atoms with Crippen molar-refractivity contribution in [1.29, 1.82) is 0 Å². The molecule has 0 spiro atoms. The lowest BCUT2D eigenvalue weighted by Gasteiger charge is -2.12. The fourth-order valence-electron chi connectivity index (χ4n) is 1.89. The zero-order valence-corrected chi connectivity index (χ0v) is 12.8. The number of thiophene rings is 1. The van der Waals surface area contributed by atoms with Gasteiger partial charge in [-0.3, -0.25) is 4.79 Å². The van der Waals surface area contributed by atoms with Crippen molar-refractivity contribution in [1.82, 2.24) is 5.32 Å². The molecule has 3 N–H and O–H groups in total. The van der Waals surface area contributed by atoms with Gasteiger partial charge in [0.25, 0.3) is 0 Å². The molecule has 1 aromatic carbocycles. The number of nitrogens with two attached hydrogens (primary N) is 1. The van der Waals surface area contributed by atoms with Crippen molar-refractivity contribution in [3.05, 3.63) is 46.2 Å². The Bertz CT molecular complexity index is 599. The molecule has 112 valence electrons. The molecule has 1 heterocycles. The van der Waals surface area contributed by atoms with Gasteiger partial charge in [0.05, 0.1) is 14.2 Å². The number of nitrogens with one attached hydrogen (secondary N) is 1. The van der Waals surface area contributed by atoms with E-state index in [0.29, 0.717) is 18.0 Å². The van der Waals surface area contributed by atoms with Crippen LogP contribution in [-0.4, -0.2) is 20.1 Å². The second-order valence-electron chi connectivity index (χ2n) is 4.40. The molecule has 0 aliphatic rings. The summed E-state index contributed by atoms with van der Waals surface area (Å²) in [5, 5.41) is 4.72. The normalized spacial score (nSPS) is 11.8. The van der Waals surface area contributed by atoms with E-state index >= 15 is 0 Å². The maximum absolute atomic E-state index is 12.0. The van der Waals surface area contributed by atoms with Crippen LogP contribution < -0.4 is 20.5 Å². The molecular weight excluding hydrogens is 288 g/mol. The average molecular weight is 306 g/mol. The monoisotopic (exact) mass is 306 g/mol. The highest BCUT2D eigenvalue weighted by Gasteiger charge is 2.16. The van der Waals surface area contributed by atoms with E-state index in [4.69, 9.17) is 15.2 Å². The van der Waals surface area contributed by atoms with E-state index in [9.17, 15) is 4.79 Å². The van der Waals surface area contributed by atoms with E-state index in [1.54, 1.807) is 20.3 Å². The number of carbonyl (C=O) groups excluding carboxylic acids is 1. The Morgan fingerprint density at radius 1 is 1.29 bits per heavy atom. The zero-order valence-electron chi connectivity index (χ0n) is 12.0. The van der Waals surface area contributed by atoms with Crippen LogP contribution in [0.15, 0.2) is 35.7 Å². The highest BCUT2D eigenvalue weighted by atomic mass is 32.1. The van der Waals surface area contributed by atoms with Gasteiger partial charge in [-0.05, 0) is 29.1 Å². The van der Waals surface area contributed by atoms with Gasteiger partial charge in [-0.25, -0.2) is 0 Å². The molecule has 1 amide bonds. The largest absolute Gasteiger partial charge is 0.493 e. The summed E-state index contributed by atoms with van der Waals surface area (Å²) in [4.78, 5) is 12.9. The van der Waals surface area contributed by atoms with Gasteiger partial charge >= 0.3 is 0 Å². The van der Waals surface area contributed by atoms with Crippen LogP contribution in [0.2, 0.25) is 0 Å². The summed E-state index contributed by atoms with van der Waals surface area (Å²) in [5.74, 6) is 1.09. The lowest BCUT2D eigenvalue weighted by molar-refractivity contribution is -0.122. The fourth-order valence-corrected chi connectivity index (χ4v) is 2.61. The Morgan fingerprint density at radius 2 is 2.05 bits per heavy atom. The summed E-state index contributed by atoms with van der Waals surface area (Å²) in [6.45, 7) is 0.387. The summed E-state index contributed by atoms with van der Waals surface area (Å²) >= 11 is 1.47. The summed E-state index contributed by atoms with van der Waals surface area (Å²) in [6, 6.07) is 8.60. The third-order valence-corrected chi connectivity index (χ3v) is 4.00. The van der Waals surface area contributed by atoms with Gasteiger partial charge < -0.3 is 20.5 Å². The van der Waals surface area contributed by atoms with Crippen LogP contribution in [-0.2, 0) is 11.3 Å². The Hall–Kier alpha value is -2.05. The van der Waals surface area contributed by atoms with Gasteiger partial charge in [0.1, 0.15) is 6.04 Å². The Balaban J connectivity index is 1.98. The van der Waals surface area contributed by atoms with Crippen LogP contribution in [0, 0.1) is 0 Å². The van der Waals surface area contributed by atoms with Crippen molar-refractivity contribution in [3.63, 3.8) is 0 Å². The molecule has 5 nitrogen and oxygen atoms in total. The molecule has 21 heavy (non-hydrogen) atoms. The van der Waals surface area contributed by atoms with Gasteiger partial charge in [0.2, 0.25) is 5.91 Å². The maximum atomic E-state index is 12.0. The van der Waals surface area contributed by atoms with Crippen molar-refractivity contribution >= 4 is 17.2 Å². The molecule has 0 bridgehead atoms. The smallest absolute Gasteiger partial charge is 0.242 e. The lowest BCUT2D eigenvalue weighted by atomic mass is 10.2. The molecule has 0 fully saturated rings. The SMILES string of the molecule is COc1ccc(CNC(=O)C(N)c2cccs2)cc1OC. The molecule has 0 saturated carbocycles. The van der Waals surface area contributed by atoms with Gasteiger partial charge in [-0.1, -0.05) is 12.1 Å². The molecule has 2 rings (SSSR count). The number of methoxy groups -OCH3 is 2. The summed E-state index contributed by atoms with van der Waals surface area (Å²) in [6.07, 6.45) is 0. The second kappa shape index (κ2) is 7.10. The van der Waals surface area contributed by atoms with Gasteiger partial charge in [0, 0.05) is 11.4 Å². The van der Waals surface area contributed by atoms with Crippen molar-refractivity contribution < 1.29 is 14.3 Å². The Kier molecular flexibility index (Phi) is 5.19. The zero-order chi connectivity index (χ0) is 15.2. The lowest BCUT2D eigenvalue weighted by Crippen LogP contribution is -2.33. The maximum Gasteiger partial charge on any atom is 0.242 e. The van der Waals surface area contributed by atoms with Crippen molar-refractivity contribution in [3.8, 4) is 11.5 Å². The van der Waals surface area contributed by atoms with Gasteiger partial charge in [-0.15, -0.1) is 11.3 Å². The molecule has 0 aliphatic heterocycles. The average Bonchev–Trinajstić information content (AvgIpc) is 3.05. The number of benzene rings is 1. The molecule has 1 unspecified atom stereocenters. The first-order chi connectivity index (χ1) is 10.2. The molecule has 1 aromatic heterocycles. The first-order valence-corrected chi connectivity index (χ1v) is 7.31. The topological polar surface area (TPSA) is 73.6 Å². The number of ether oxygens (including phenoxy) is 2. The van der Waals surface area contributed by atoms with E-state index in [2.05, 4.69) is 5.32 Å². The van der Waals surface area contributed by atoms with Crippen LogP contribution in [0.4, 0.5) is 0 Å². The van der Waals surface area contributed by atoms with Crippen molar-refractivity contribution in [2.75, 3.05) is 14.2 Å². The quantitative estimate of drug-likeness (QED) is 0.857. The predicted octanol–water partition coefficient (Wildman–Crippen LogP) is 2.08. The number of rotatable bonds is 6. The van der Waals surface area contributed by atoms with E-state index < -0.39 is 6.04 Å². The van der Waals surface area contributed by atoms with E-state index in [1.165, 1.54) is 11.3 Å². The molecule has 0 saturated heterocycles. The number of carbonyl (C=O) groups is 1. The van der Waals surface area contributed by atoms with Crippen molar-refractivity contribution in [2.45, 2.75) is 12.6 Å². The molecule has 0 radical (unpaired) electrons. The number of hydrogen-bond acceptors (Lipinski definition) is 5. The first-order valence-electron chi connectivity index (χ1n) is 6.43. The number of hydrogen-bond donors (Lipinski definition) is 2. The predicted molar refractivity (Wildman–Crippen MR) is 82.6 cm³/mol. The summed E-state index contributed by atoms with van der Waals surface area (Å²) in [5.41, 5.74) is 6.82. The fraction of sp³-hybridized carbons (Fsp3) is 0.267. The third kappa shape index (κ3) is 3.74. The van der Waals surface area contributed by atoms with Gasteiger partial charge in [0.15, 0.2) is 11.5 Å². The molecule has 6 heteroatoms. The first kappa shape index (κ1) is 15.3. The minimum Gasteiger partial charge on any atom is -0.493 e. The minimum absolute atomic E-state index is 0.202. The number of amides is 1.